The number of benzene rings is 1. The molecule has 2 aromatic rings. The number of hydrogen-bond acceptors (Lipinski definition) is 3. The van der Waals surface area contributed by atoms with Gasteiger partial charge < -0.3 is 10.2 Å². The summed E-state index contributed by atoms with van der Waals surface area (Å²) >= 11 is 7.23. The van der Waals surface area contributed by atoms with Gasteiger partial charge in [-0.05, 0) is 43.2 Å². The molecule has 1 aromatic carbocycles. The Kier molecular flexibility index (Phi) is 6.17. The lowest BCUT2D eigenvalue weighted by Gasteiger charge is -2.16. The topological polar surface area (TPSA) is 49.4 Å². The molecule has 1 aromatic heterocycles. The van der Waals surface area contributed by atoms with Crippen LogP contribution in [-0.2, 0) is 9.59 Å². The third-order valence-corrected chi connectivity index (χ3v) is 4.68. The number of aryl methyl sites for hydroxylation is 2. The first-order valence-electron chi connectivity index (χ1n) is 7.41. The number of hydrogen-bond donors (Lipinski definition) is 1. The Morgan fingerprint density at radius 2 is 1.88 bits per heavy atom. The number of nitrogens with one attached hydrogen (secondary N) is 1. The molecule has 2 rings (SSSR count). The van der Waals surface area contributed by atoms with Crippen molar-refractivity contribution in [3.63, 3.8) is 0 Å². The van der Waals surface area contributed by atoms with Crippen molar-refractivity contribution in [1.82, 2.24) is 4.90 Å². The Bertz CT molecular complexity index is 763. The Hall–Kier alpha value is -2.11. The summed E-state index contributed by atoms with van der Waals surface area (Å²) in [5, 5.41) is 2.87. The van der Waals surface area contributed by atoms with Gasteiger partial charge in [0.1, 0.15) is 0 Å². The van der Waals surface area contributed by atoms with Crippen molar-refractivity contribution in [2.45, 2.75) is 13.8 Å². The number of nitrogens with zero attached hydrogens (tertiary/aromatic N) is 1. The Balaban J connectivity index is 1.93. The number of rotatable bonds is 5. The standard InChI is InChI=1S/C18H19ClN2O2S/c1-12-5-4-6-13(2)18(12)20-16(22)11-21(3)17(23)10-8-14-7-9-15(19)24-14/h4-10H,11H2,1-3H3,(H,20,22). The SMILES string of the molecule is Cc1cccc(C)c1NC(=O)CN(C)C(=O)C=Cc1ccc(Cl)s1. The quantitative estimate of drug-likeness (QED) is 0.813. The van der Waals surface area contributed by atoms with Crippen LogP contribution in [0.15, 0.2) is 36.4 Å². The van der Waals surface area contributed by atoms with Gasteiger partial charge in [-0.1, -0.05) is 29.8 Å². The summed E-state index contributed by atoms with van der Waals surface area (Å²) in [4.78, 5) is 26.5. The van der Waals surface area contributed by atoms with Crippen molar-refractivity contribution in [2.75, 3.05) is 18.9 Å². The van der Waals surface area contributed by atoms with Crippen LogP contribution in [0.25, 0.3) is 6.08 Å². The third-order valence-electron chi connectivity index (χ3n) is 3.49. The number of likely N-dealkylation sites (N-methyl/N-ethyl adjacent to an activating group) is 1. The maximum absolute atomic E-state index is 12.2. The van der Waals surface area contributed by atoms with Gasteiger partial charge in [0.05, 0.1) is 10.9 Å². The summed E-state index contributed by atoms with van der Waals surface area (Å²) in [5.41, 5.74) is 2.78. The van der Waals surface area contributed by atoms with Crippen molar-refractivity contribution < 1.29 is 9.59 Å². The second-order valence-corrected chi connectivity index (χ2v) is 7.23. The first-order valence-corrected chi connectivity index (χ1v) is 8.61. The first kappa shape index (κ1) is 18.2. The van der Waals surface area contributed by atoms with Gasteiger partial charge in [0.25, 0.3) is 0 Å². The van der Waals surface area contributed by atoms with E-state index in [1.807, 2.05) is 38.1 Å². The van der Waals surface area contributed by atoms with Crippen molar-refractivity contribution in [3.8, 4) is 0 Å². The van der Waals surface area contributed by atoms with E-state index in [0.717, 1.165) is 21.7 Å². The van der Waals surface area contributed by atoms with Gasteiger partial charge in [-0.2, -0.15) is 0 Å². The zero-order valence-electron chi connectivity index (χ0n) is 13.8. The van der Waals surface area contributed by atoms with Crippen molar-refractivity contribution in [3.05, 3.63) is 56.7 Å². The summed E-state index contributed by atoms with van der Waals surface area (Å²) in [6, 6.07) is 9.43. The van der Waals surface area contributed by atoms with Gasteiger partial charge in [-0.25, -0.2) is 0 Å². The molecule has 0 saturated carbocycles. The summed E-state index contributed by atoms with van der Waals surface area (Å²) < 4.78 is 0.670. The van der Waals surface area contributed by atoms with Crippen LogP contribution in [-0.4, -0.2) is 30.3 Å². The Labute approximate surface area is 150 Å². The molecule has 0 aliphatic rings. The van der Waals surface area contributed by atoms with Gasteiger partial charge in [0.15, 0.2) is 0 Å². The smallest absolute Gasteiger partial charge is 0.246 e. The molecule has 0 unspecified atom stereocenters. The van der Waals surface area contributed by atoms with Gasteiger partial charge in [-0.15, -0.1) is 11.3 Å². The van der Waals surface area contributed by atoms with Crippen molar-refractivity contribution >= 4 is 46.5 Å². The van der Waals surface area contributed by atoms with Gasteiger partial charge in [0.2, 0.25) is 11.8 Å². The highest BCUT2D eigenvalue weighted by molar-refractivity contribution is 7.17. The number of carbonyl (C=O) groups excluding carboxylic acids is 2. The number of thiophene rings is 1. The van der Waals surface area contributed by atoms with E-state index < -0.39 is 0 Å². The Morgan fingerprint density at radius 3 is 2.46 bits per heavy atom. The lowest BCUT2D eigenvalue weighted by Crippen LogP contribution is -2.34. The van der Waals surface area contributed by atoms with E-state index in [2.05, 4.69) is 5.32 Å². The average molecular weight is 363 g/mol. The van der Waals surface area contributed by atoms with Crippen LogP contribution in [0.4, 0.5) is 5.69 Å². The summed E-state index contributed by atoms with van der Waals surface area (Å²) in [7, 11) is 1.60. The fourth-order valence-electron chi connectivity index (χ4n) is 2.18. The fraction of sp³-hybridized carbons (Fsp3) is 0.222. The molecule has 0 aliphatic heterocycles. The molecule has 1 heterocycles. The summed E-state index contributed by atoms with van der Waals surface area (Å²) in [6.45, 7) is 3.86. The van der Waals surface area contributed by atoms with E-state index in [9.17, 15) is 9.59 Å². The second-order valence-electron chi connectivity index (χ2n) is 5.48. The summed E-state index contributed by atoms with van der Waals surface area (Å²) in [6.07, 6.45) is 3.13. The van der Waals surface area contributed by atoms with E-state index in [-0.39, 0.29) is 18.4 Å². The number of para-hydroxylation sites is 1. The molecule has 0 bridgehead atoms. The first-order chi connectivity index (χ1) is 11.4. The highest BCUT2D eigenvalue weighted by Crippen LogP contribution is 2.22. The van der Waals surface area contributed by atoms with Gasteiger partial charge in [-0.3, -0.25) is 9.59 Å². The third kappa shape index (κ3) is 4.94. The Morgan fingerprint density at radius 1 is 1.21 bits per heavy atom. The minimum atomic E-state index is -0.240. The molecule has 0 radical (unpaired) electrons. The molecule has 2 amide bonds. The van der Waals surface area contributed by atoms with Crippen LogP contribution in [0.5, 0.6) is 0 Å². The van der Waals surface area contributed by atoms with Crippen LogP contribution in [0.3, 0.4) is 0 Å². The number of carbonyl (C=O) groups is 2. The lowest BCUT2D eigenvalue weighted by molar-refractivity contribution is -0.129. The highest BCUT2D eigenvalue weighted by Gasteiger charge is 2.12. The van der Waals surface area contributed by atoms with E-state index in [1.54, 1.807) is 19.2 Å². The number of halogens is 1. The molecule has 0 fully saturated rings. The number of anilines is 1. The predicted molar refractivity (Wildman–Crippen MR) is 101 cm³/mol. The predicted octanol–water partition coefficient (Wildman–Crippen LogP) is 4.13. The molecule has 0 saturated heterocycles. The van der Waals surface area contributed by atoms with E-state index in [0.29, 0.717) is 4.34 Å². The second kappa shape index (κ2) is 8.13. The average Bonchev–Trinajstić information content (AvgIpc) is 2.94. The fourth-order valence-corrected chi connectivity index (χ4v) is 3.15. The van der Waals surface area contributed by atoms with Crippen molar-refractivity contribution in [1.29, 1.82) is 0 Å². The van der Waals surface area contributed by atoms with Crippen LogP contribution < -0.4 is 5.32 Å². The summed E-state index contributed by atoms with van der Waals surface area (Å²) in [5.74, 6) is -0.466. The van der Waals surface area contributed by atoms with Crippen LogP contribution in [0, 0.1) is 13.8 Å². The molecule has 6 heteroatoms. The zero-order chi connectivity index (χ0) is 17.7. The van der Waals surface area contributed by atoms with E-state index >= 15 is 0 Å². The maximum atomic E-state index is 12.2. The molecule has 24 heavy (non-hydrogen) atoms. The minimum Gasteiger partial charge on any atom is -0.333 e. The van der Waals surface area contributed by atoms with Gasteiger partial charge >= 0.3 is 0 Å². The monoisotopic (exact) mass is 362 g/mol. The molecule has 0 aliphatic carbocycles. The van der Waals surface area contributed by atoms with Crippen LogP contribution >= 0.6 is 22.9 Å². The molecule has 0 spiro atoms. The lowest BCUT2D eigenvalue weighted by atomic mass is 10.1. The van der Waals surface area contributed by atoms with E-state index in [1.165, 1.54) is 22.3 Å². The van der Waals surface area contributed by atoms with E-state index in [4.69, 9.17) is 11.6 Å². The minimum absolute atomic E-state index is 0.0118. The molecule has 4 nitrogen and oxygen atoms in total. The van der Waals surface area contributed by atoms with Crippen LogP contribution in [0.2, 0.25) is 4.34 Å². The zero-order valence-corrected chi connectivity index (χ0v) is 15.4. The molecule has 126 valence electrons. The van der Waals surface area contributed by atoms with Gasteiger partial charge in [0, 0.05) is 23.7 Å². The number of amides is 2. The van der Waals surface area contributed by atoms with Crippen molar-refractivity contribution in [2.24, 2.45) is 0 Å². The normalized spacial score (nSPS) is 10.8. The molecular formula is C18H19ClN2O2S. The van der Waals surface area contributed by atoms with Crippen LogP contribution in [0.1, 0.15) is 16.0 Å². The maximum Gasteiger partial charge on any atom is 0.246 e. The largest absolute Gasteiger partial charge is 0.333 e. The molecule has 1 N–H and O–H groups in total. The molecule has 0 atom stereocenters. The molecular weight excluding hydrogens is 344 g/mol. The highest BCUT2D eigenvalue weighted by atomic mass is 35.5.